The molecule has 98 valence electrons. The van der Waals surface area contributed by atoms with E-state index >= 15 is 0 Å². The zero-order valence-electron chi connectivity index (χ0n) is 7.90. The minimum Gasteiger partial charge on any atom is -0.251 e. The van der Waals surface area contributed by atoms with Gasteiger partial charge in [-0.1, -0.05) is 0 Å². The molecule has 0 amide bonds. The summed E-state index contributed by atoms with van der Waals surface area (Å²) in [5.74, 6) is 0. The first-order valence-corrected chi connectivity index (χ1v) is 4.37. The van der Waals surface area contributed by atoms with E-state index in [9.17, 15) is 35.1 Å². The van der Waals surface area contributed by atoms with Crippen molar-refractivity contribution in [2.75, 3.05) is 6.67 Å². The van der Waals surface area contributed by atoms with Gasteiger partial charge in [0.2, 0.25) is 0 Å². The molecule has 0 spiro atoms. The van der Waals surface area contributed by atoms with Crippen LogP contribution in [0.3, 0.4) is 0 Å². The number of alkyl halides is 8. The average Bonchev–Trinajstić information content (AvgIpc) is 2.25. The first kappa shape index (κ1) is 15.4. The first-order valence-electron chi connectivity index (χ1n) is 4.37. The van der Waals surface area contributed by atoms with Gasteiger partial charge in [0.25, 0.3) is 6.43 Å². The van der Waals surface area contributed by atoms with Gasteiger partial charge >= 0.3 is 0 Å². The smallest absolute Gasteiger partial charge is 0.251 e. The molecular formula is C8H10F8. The predicted octanol–water partition coefficient (Wildman–Crippen LogP) is 3.30. The van der Waals surface area contributed by atoms with Crippen LogP contribution < -0.4 is 0 Å². The summed E-state index contributed by atoms with van der Waals surface area (Å²) < 4.78 is 97.5. The van der Waals surface area contributed by atoms with Crippen molar-refractivity contribution in [1.29, 1.82) is 0 Å². The second-order valence-electron chi connectivity index (χ2n) is 3.11. The van der Waals surface area contributed by atoms with E-state index in [-0.39, 0.29) is 0 Å². The highest BCUT2D eigenvalue weighted by molar-refractivity contribution is 4.87. The molecule has 8 heteroatoms. The summed E-state index contributed by atoms with van der Waals surface area (Å²) in [5, 5.41) is 0. The molecule has 0 aliphatic rings. The lowest BCUT2D eigenvalue weighted by molar-refractivity contribution is -0.0521. The van der Waals surface area contributed by atoms with Crippen LogP contribution in [0.5, 0.6) is 0 Å². The third-order valence-electron chi connectivity index (χ3n) is 1.88. The van der Waals surface area contributed by atoms with E-state index in [4.69, 9.17) is 0 Å². The molecule has 5 atom stereocenters. The van der Waals surface area contributed by atoms with Gasteiger partial charge in [0, 0.05) is 6.42 Å². The monoisotopic (exact) mass is 258 g/mol. The quantitative estimate of drug-likeness (QED) is 0.614. The maximum atomic E-state index is 12.7. The fourth-order valence-electron chi connectivity index (χ4n) is 0.953. The van der Waals surface area contributed by atoms with Crippen LogP contribution in [0.1, 0.15) is 6.42 Å². The van der Waals surface area contributed by atoms with E-state index in [0.29, 0.717) is 0 Å². The molecule has 0 saturated carbocycles. The zero-order valence-corrected chi connectivity index (χ0v) is 7.90. The highest BCUT2D eigenvalue weighted by atomic mass is 19.3. The Morgan fingerprint density at radius 3 is 1.44 bits per heavy atom. The zero-order chi connectivity index (χ0) is 12.9. The Balaban J connectivity index is 4.36. The van der Waals surface area contributed by atoms with E-state index in [2.05, 4.69) is 0 Å². The molecular weight excluding hydrogens is 248 g/mol. The molecule has 0 aromatic rings. The summed E-state index contributed by atoms with van der Waals surface area (Å²) in [4.78, 5) is 0. The van der Waals surface area contributed by atoms with E-state index < -0.39 is 50.4 Å². The van der Waals surface area contributed by atoms with Gasteiger partial charge in [0.15, 0.2) is 24.7 Å². The average molecular weight is 258 g/mol. The van der Waals surface area contributed by atoms with Gasteiger partial charge in [-0.25, -0.2) is 30.7 Å². The lowest BCUT2D eigenvalue weighted by atomic mass is 10.0. The molecule has 0 radical (unpaired) electrons. The van der Waals surface area contributed by atoms with Gasteiger partial charge in [0.1, 0.15) is 6.17 Å². The van der Waals surface area contributed by atoms with Gasteiger partial charge in [-0.15, -0.1) is 0 Å². The Morgan fingerprint density at radius 2 is 1.06 bits per heavy atom. The van der Waals surface area contributed by atoms with Gasteiger partial charge in [-0.3, -0.25) is 4.39 Å². The number of hydrogen-bond acceptors (Lipinski definition) is 0. The maximum Gasteiger partial charge on any atom is 0.272 e. The van der Waals surface area contributed by atoms with Crippen molar-refractivity contribution >= 4 is 0 Å². The lowest BCUT2D eigenvalue weighted by Crippen LogP contribution is -2.42. The maximum absolute atomic E-state index is 12.7. The van der Waals surface area contributed by atoms with Crippen LogP contribution in [0.2, 0.25) is 0 Å². The number of hydrogen-bond donors (Lipinski definition) is 0. The molecule has 0 saturated heterocycles. The van der Waals surface area contributed by atoms with Crippen LogP contribution in [-0.4, -0.2) is 44.0 Å². The molecule has 16 heavy (non-hydrogen) atoms. The van der Waals surface area contributed by atoms with Gasteiger partial charge < -0.3 is 0 Å². The lowest BCUT2D eigenvalue weighted by Gasteiger charge is -2.21. The highest BCUT2D eigenvalue weighted by Gasteiger charge is 2.43. The third kappa shape index (κ3) is 4.13. The number of rotatable bonds is 7. The molecule has 0 nitrogen and oxygen atoms in total. The molecule has 0 aromatic heterocycles. The molecule has 0 aliphatic heterocycles. The molecule has 0 aromatic carbocycles. The van der Waals surface area contributed by atoms with E-state index in [1.807, 2.05) is 0 Å². The Hall–Kier alpha value is -0.560. The topological polar surface area (TPSA) is 0 Å². The molecule has 0 bridgehead atoms. The molecule has 0 N–H and O–H groups in total. The standard InChI is InChI=1S/C8H10F8/c9-2-1-3(10)4(11)5(12)6(13)7(14)8(15)16/h3-8H,1-2H2. The summed E-state index contributed by atoms with van der Waals surface area (Å²) in [6, 6.07) is 0. The Kier molecular flexibility index (Phi) is 6.66. The Morgan fingerprint density at radius 1 is 0.625 bits per heavy atom. The van der Waals surface area contributed by atoms with Crippen LogP contribution in [0, 0.1) is 0 Å². The first-order chi connectivity index (χ1) is 7.32. The van der Waals surface area contributed by atoms with Crippen LogP contribution in [-0.2, 0) is 0 Å². The van der Waals surface area contributed by atoms with Crippen molar-refractivity contribution < 1.29 is 35.1 Å². The van der Waals surface area contributed by atoms with Crippen molar-refractivity contribution in [3.05, 3.63) is 0 Å². The second-order valence-corrected chi connectivity index (χ2v) is 3.11. The Labute approximate surface area is 86.6 Å². The van der Waals surface area contributed by atoms with Crippen LogP contribution in [0.25, 0.3) is 0 Å². The molecule has 0 heterocycles. The second kappa shape index (κ2) is 6.90. The summed E-state index contributed by atoms with van der Waals surface area (Å²) in [6.45, 7) is -1.32. The van der Waals surface area contributed by atoms with Gasteiger partial charge in [-0.05, 0) is 0 Å². The molecule has 5 unspecified atom stereocenters. The minimum atomic E-state index is -3.83. The highest BCUT2D eigenvalue weighted by Crippen LogP contribution is 2.25. The molecule has 0 fully saturated rings. The van der Waals surface area contributed by atoms with E-state index in [1.165, 1.54) is 0 Å². The van der Waals surface area contributed by atoms with E-state index in [0.717, 1.165) is 0 Å². The normalized spacial score (nSPS) is 21.6. The van der Waals surface area contributed by atoms with Gasteiger partial charge in [0.05, 0.1) is 6.67 Å². The number of halogens is 8. The molecule has 0 aliphatic carbocycles. The van der Waals surface area contributed by atoms with E-state index in [1.54, 1.807) is 0 Å². The van der Waals surface area contributed by atoms with Crippen molar-refractivity contribution in [2.45, 2.75) is 43.7 Å². The van der Waals surface area contributed by atoms with Crippen molar-refractivity contribution in [3.8, 4) is 0 Å². The minimum absolute atomic E-state index is 1.04. The van der Waals surface area contributed by atoms with Crippen LogP contribution in [0.4, 0.5) is 35.1 Å². The third-order valence-corrected chi connectivity index (χ3v) is 1.88. The summed E-state index contributed by atoms with van der Waals surface area (Å²) >= 11 is 0. The summed E-state index contributed by atoms with van der Waals surface area (Å²) in [7, 11) is 0. The SMILES string of the molecule is FCCC(F)C(F)C(F)C(F)C(F)C(F)F. The van der Waals surface area contributed by atoms with Crippen molar-refractivity contribution in [1.82, 2.24) is 0 Å². The fraction of sp³-hybridized carbons (Fsp3) is 1.00. The molecule has 0 rings (SSSR count). The summed E-state index contributed by atoms with van der Waals surface area (Å²) in [6.07, 6.45) is -21.1. The van der Waals surface area contributed by atoms with Crippen LogP contribution in [0.15, 0.2) is 0 Å². The largest absolute Gasteiger partial charge is 0.272 e. The predicted molar refractivity (Wildman–Crippen MR) is 41.1 cm³/mol. The fourth-order valence-corrected chi connectivity index (χ4v) is 0.953. The van der Waals surface area contributed by atoms with Gasteiger partial charge in [-0.2, -0.15) is 0 Å². The Bertz CT molecular complexity index is 187. The van der Waals surface area contributed by atoms with Crippen molar-refractivity contribution in [2.24, 2.45) is 0 Å². The van der Waals surface area contributed by atoms with Crippen LogP contribution >= 0.6 is 0 Å². The summed E-state index contributed by atoms with van der Waals surface area (Å²) in [5.41, 5.74) is 0. The van der Waals surface area contributed by atoms with Crippen molar-refractivity contribution in [3.63, 3.8) is 0 Å².